The van der Waals surface area contributed by atoms with Crippen LogP contribution < -0.4 is 16.0 Å². The summed E-state index contributed by atoms with van der Waals surface area (Å²) in [6, 6.07) is 15.6. The van der Waals surface area contributed by atoms with E-state index in [4.69, 9.17) is 5.11 Å². The fraction of sp³-hybridized carbons (Fsp3) is 0.333. The van der Waals surface area contributed by atoms with Crippen LogP contribution in [0.5, 0.6) is 0 Å². The number of alkyl halides is 2. The van der Waals surface area contributed by atoms with E-state index in [1.165, 1.54) is 0 Å². The van der Waals surface area contributed by atoms with Crippen molar-refractivity contribution in [3.8, 4) is 6.07 Å². The third-order valence-electron chi connectivity index (χ3n) is 6.50. The molecule has 1 aliphatic rings. The molecule has 3 aromatic rings. The first kappa shape index (κ1) is 26.6. The fourth-order valence-corrected chi connectivity index (χ4v) is 4.56. The van der Waals surface area contributed by atoms with Crippen molar-refractivity contribution in [2.45, 2.75) is 50.6 Å². The summed E-state index contributed by atoms with van der Waals surface area (Å²) in [6.45, 7) is 0.225. The molecule has 2 aromatic carbocycles. The highest BCUT2D eigenvalue weighted by atomic mass is 19.3. The van der Waals surface area contributed by atoms with E-state index in [0.717, 1.165) is 10.9 Å². The summed E-state index contributed by atoms with van der Waals surface area (Å²) in [7, 11) is 0. The highest BCUT2D eigenvalue weighted by Crippen LogP contribution is 2.33. The Morgan fingerprint density at radius 2 is 1.87 bits per heavy atom. The smallest absolute Gasteiger partial charge is 0.404 e. The Labute approximate surface area is 217 Å². The molecule has 11 heteroatoms. The van der Waals surface area contributed by atoms with Gasteiger partial charge in [0.1, 0.15) is 5.69 Å². The third-order valence-corrected chi connectivity index (χ3v) is 6.50. The average Bonchev–Trinajstić information content (AvgIpc) is 3.22. The van der Waals surface area contributed by atoms with Crippen LogP contribution in [-0.4, -0.2) is 46.1 Å². The predicted molar refractivity (Wildman–Crippen MR) is 136 cm³/mol. The number of amides is 3. The summed E-state index contributed by atoms with van der Waals surface area (Å²) in [6.07, 6.45) is -1.38. The number of rotatable bonds is 8. The van der Waals surface area contributed by atoms with Crippen LogP contribution in [-0.2, 0) is 11.3 Å². The molecule has 0 spiro atoms. The maximum atomic E-state index is 13.6. The summed E-state index contributed by atoms with van der Waals surface area (Å²) < 4.78 is 28.9. The van der Waals surface area contributed by atoms with Gasteiger partial charge in [-0.1, -0.05) is 18.2 Å². The highest BCUT2D eigenvalue weighted by molar-refractivity contribution is 5.99. The molecule has 1 aromatic heterocycles. The lowest BCUT2D eigenvalue weighted by Gasteiger charge is -2.28. The summed E-state index contributed by atoms with van der Waals surface area (Å²) in [5.74, 6) is -3.44. The first-order chi connectivity index (χ1) is 18.1. The summed E-state index contributed by atoms with van der Waals surface area (Å²) in [5.41, 5.74) is 2.69. The van der Waals surface area contributed by atoms with Crippen molar-refractivity contribution in [3.63, 3.8) is 0 Å². The Morgan fingerprint density at radius 1 is 1.11 bits per heavy atom. The normalized spacial score (nSPS) is 15.0. The van der Waals surface area contributed by atoms with Gasteiger partial charge in [-0.15, -0.1) is 0 Å². The maximum absolute atomic E-state index is 13.6. The summed E-state index contributed by atoms with van der Waals surface area (Å²) in [5, 5.41) is 26.5. The molecule has 198 valence electrons. The number of aromatic nitrogens is 1. The molecule has 38 heavy (non-hydrogen) atoms. The van der Waals surface area contributed by atoms with E-state index in [1.807, 2.05) is 6.07 Å². The zero-order chi connectivity index (χ0) is 27.3. The summed E-state index contributed by atoms with van der Waals surface area (Å²) in [4.78, 5) is 36.0. The van der Waals surface area contributed by atoms with Crippen molar-refractivity contribution in [2.24, 2.45) is 0 Å². The van der Waals surface area contributed by atoms with Gasteiger partial charge in [0.2, 0.25) is 11.8 Å². The van der Waals surface area contributed by atoms with E-state index < -0.39 is 12.0 Å². The van der Waals surface area contributed by atoms with Crippen molar-refractivity contribution in [3.05, 3.63) is 65.4 Å². The van der Waals surface area contributed by atoms with Gasteiger partial charge >= 0.3 is 6.09 Å². The minimum atomic E-state index is -2.70. The van der Waals surface area contributed by atoms with E-state index in [2.05, 4.69) is 22.0 Å². The second-order valence-electron chi connectivity index (χ2n) is 9.34. The SMILES string of the molecule is N#Cc1ccc2cc(C(=O)NC3CCC(F)(F)CC3)n(Cc3cccc(NC(=O)CCNC(=O)O)c3)c2c1. The highest BCUT2D eigenvalue weighted by Gasteiger charge is 2.35. The van der Waals surface area contributed by atoms with Crippen LogP contribution in [0.1, 0.15) is 53.7 Å². The van der Waals surface area contributed by atoms with Crippen LogP contribution in [0.3, 0.4) is 0 Å². The molecule has 3 amide bonds. The van der Waals surface area contributed by atoms with Crippen LogP contribution in [0.2, 0.25) is 0 Å². The third kappa shape index (κ3) is 6.64. The molecule has 1 heterocycles. The molecule has 4 rings (SSSR count). The van der Waals surface area contributed by atoms with Gasteiger partial charge in [-0.05, 0) is 48.7 Å². The number of carbonyl (C=O) groups is 3. The lowest BCUT2D eigenvalue weighted by Crippen LogP contribution is -2.40. The summed E-state index contributed by atoms with van der Waals surface area (Å²) >= 11 is 0. The van der Waals surface area contributed by atoms with Crippen molar-refractivity contribution in [1.82, 2.24) is 15.2 Å². The zero-order valence-electron chi connectivity index (χ0n) is 20.5. The number of benzene rings is 2. The Morgan fingerprint density at radius 3 is 2.58 bits per heavy atom. The van der Waals surface area contributed by atoms with E-state index in [-0.39, 0.29) is 63.0 Å². The average molecular weight is 524 g/mol. The van der Waals surface area contributed by atoms with Crippen molar-refractivity contribution in [1.29, 1.82) is 5.26 Å². The van der Waals surface area contributed by atoms with Gasteiger partial charge < -0.3 is 25.6 Å². The van der Waals surface area contributed by atoms with Gasteiger partial charge in [0.05, 0.1) is 17.1 Å². The molecule has 0 unspecified atom stereocenters. The van der Waals surface area contributed by atoms with Crippen molar-refractivity contribution in [2.75, 3.05) is 11.9 Å². The number of hydrogen-bond donors (Lipinski definition) is 4. The van der Waals surface area contributed by atoms with Gasteiger partial charge in [-0.3, -0.25) is 9.59 Å². The number of nitrogens with zero attached hydrogens (tertiary/aromatic N) is 2. The predicted octanol–water partition coefficient (Wildman–Crippen LogP) is 4.47. The first-order valence-electron chi connectivity index (χ1n) is 12.2. The standard InChI is InChI=1S/C27H27F2N5O4/c28-27(29)9-6-20(7-10-27)33-25(36)23-14-19-5-4-17(15-30)13-22(19)34(23)16-18-2-1-3-21(12-18)32-24(35)8-11-31-26(37)38/h1-5,12-14,20,31H,6-11,16H2,(H,32,35)(H,33,36)(H,37,38). The van der Waals surface area contributed by atoms with Crippen LogP contribution in [0, 0.1) is 11.3 Å². The number of carboxylic acid groups (broad SMARTS) is 1. The van der Waals surface area contributed by atoms with E-state index in [1.54, 1.807) is 47.0 Å². The number of hydrogen-bond acceptors (Lipinski definition) is 4. The van der Waals surface area contributed by atoms with Crippen LogP contribution in [0.4, 0.5) is 19.3 Å². The number of nitriles is 1. The second-order valence-corrected chi connectivity index (χ2v) is 9.34. The molecule has 0 atom stereocenters. The molecule has 1 saturated carbocycles. The number of halogens is 2. The number of carbonyl (C=O) groups excluding carboxylic acids is 2. The minimum absolute atomic E-state index is 0.0193. The molecular weight excluding hydrogens is 496 g/mol. The lowest BCUT2D eigenvalue weighted by molar-refractivity contribution is -0.116. The molecule has 0 saturated heterocycles. The van der Waals surface area contributed by atoms with E-state index >= 15 is 0 Å². The van der Waals surface area contributed by atoms with E-state index in [9.17, 15) is 28.4 Å². The van der Waals surface area contributed by atoms with Gasteiger partial charge in [0, 0.05) is 49.5 Å². The molecular formula is C27H27F2N5O4. The van der Waals surface area contributed by atoms with Gasteiger partial charge in [-0.25, -0.2) is 13.6 Å². The van der Waals surface area contributed by atoms with Crippen LogP contribution >= 0.6 is 0 Å². The Balaban J connectivity index is 1.56. The number of nitrogens with one attached hydrogen (secondary N) is 3. The van der Waals surface area contributed by atoms with Crippen LogP contribution in [0.15, 0.2) is 48.5 Å². The number of fused-ring (bicyclic) bond motifs is 1. The van der Waals surface area contributed by atoms with Crippen molar-refractivity contribution < 1.29 is 28.3 Å². The number of anilines is 1. The first-order valence-corrected chi connectivity index (χ1v) is 12.2. The van der Waals surface area contributed by atoms with Gasteiger partial charge in [-0.2, -0.15) is 5.26 Å². The molecule has 4 N–H and O–H groups in total. The Kier molecular flexibility index (Phi) is 7.90. The Bertz CT molecular complexity index is 1400. The van der Waals surface area contributed by atoms with Gasteiger partial charge in [0.25, 0.3) is 5.91 Å². The molecule has 0 aliphatic heterocycles. The second kappa shape index (κ2) is 11.3. The largest absolute Gasteiger partial charge is 0.465 e. The molecule has 9 nitrogen and oxygen atoms in total. The van der Waals surface area contributed by atoms with Gasteiger partial charge in [0.15, 0.2) is 0 Å². The molecule has 0 bridgehead atoms. The minimum Gasteiger partial charge on any atom is -0.465 e. The van der Waals surface area contributed by atoms with Crippen molar-refractivity contribution >= 4 is 34.5 Å². The maximum Gasteiger partial charge on any atom is 0.404 e. The topological polar surface area (TPSA) is 136 Å². The molecule has 1 aliphatic carbocycles. The molecule has 1 fully saturated rings. The monoisotopic (exact) mass is 523 g/mol. The quantitative estimate of drug-likeness (QED) is 0.346. The Hall–Kier alpha value is -4.46. The lowest BCUT2D eigenvalue weighted by atomic mass is 9.92. The molecule has 0 radical (unpaired) electrons. The van der Waals surface area contributed by atoms with Crippen LogP contribution in [0.25, 0.3) is 10.9 Å². The zero-order valence-corrected chi connectivity index (χ0v) is 20.5. The fourth-order valence-electron chi connectivity index (χ4n) is 4.56. The van der Waals surface area contributed by atoms with E-state index in [0.29, 0.717) is 22.5 Å².